The van der Waals surface area contributed by atoms with Gasteiger partial charge in [-0.3, -0.25) is 9.88 Å². The predicted octanol–water partition coefficient (Wildman–Crippen LogP) is 3.44. The number of carbonyl (C=O) groups excluding carboxylic acids is 1. The van der Waals surface area contributed by atoms with Crippen molar-refractivity contribution in [1.82, 2.24) is 15.2 Å². The van der Waals surface area contributed by atoms with Crippen LogP contribution < -0.4 is 10.6 Å². The Balaban J connectivity index is 1.61. The number of nitrogens with one attached hydrogen (secondary N) is 2. The molecule has 1 aliphatic rings. The fourth-order valence-electron chi connectivity index (χ4n) is 4.05. The molecule has 2 atom stereocenters. The number of carbonyl (C=O) groups is 1. The number of ether oxygens (including phenoxy) is 1. The monoisotopic (exact) mass is 472 g/mol. The van der Waals surface area contributed by atoms with Crippen molar-refractivity contribution in [3.05, 3.63) is 67.0 Å². The zero-order valence-electron chi connectivity index (χ0n) is 18.9. The molecular weight excluding hydrogens is 440 g/mol. The number of amides is 2. The number of anilines is 1. The van der Waals surface area contributed by atoms with E-state index in [9.17, 15) is 13.2 Å². The number of pyridine rings is 1. The number of sulfone groups is 1. The van der Waals surface area contributed by atoms with E-state index in [4.69, 9.17) is 4.74 Å². The Labute approximate surface area is 196 Å². The maximum atomic E-state index is 13.3. The van der Waals surface area contributed by atoms with E-state index in [1.54, 1.807) is 37.7 Å². The fourth-order valence-corrected chi connectivity index (χ4v) is 5.68. The summed E-state index contributed by atoms with van der Waals surface area (Å²) in [5.41, 5.74) is 1.39. The highest BCUT2D eigenvalue weighted by Gasteiger charge is 2.33. The van der Waals surface area contributed by atoms with Crippen LogP contribution in [0.1, 0.15) is 24.8 Å². The molecule has 1 aromatic carbocycles. The molecule has 9 heteroatoms. The second kappa shape index (κ2) is 11.9. The van der Waals surface area contributed by atoms with Crippen LogP contribution in [0.25, 0.3) is 0 Å². The van der Waals surface area contributed by atoms with Crippen LogP contribution in [-0.4, -0.2) is 56.5 Å². The summed E-state index contributed by atoms with van der Waals surface area (Å²) in [4.78, 5) is 18.3. The summed E-state index contributed by atoms with van der Waals surface area (Å²) in [5.74, 6) is 0.410. The van der Waals surface area contributed by atoms with Crippen LogP contribution in [0.2, 0.25) is 0 Å². The van der Waals surface area contributed by atoms with Crippen LogP contribution in [0, 0.1) is 5.92 Å². The third-order valence-electron chi connectivity index (χ3n) is 5.78. The summed E-state index contributed by atoms with van der Waals surface area (Å²) in [6.45, 7) is 6.24. The quantitative estimate of drug-likeness (QED) is 0.514. The first-order chi connectivity index (χ1) is 15.9. The molecule has 2 N–H and O–H groups in total. The van der Waals surface area contributed by atoms with Gasteiger partial charge in [0.15, 0.2) is 9.84 Å². The fraction of sp³-hybridized carbons (Fsp3) is 0.417. The summed E-state index contributed by atoms with van der Waals surface area (Å²) in [6.07, 6.45) is 7.80. The van der Waals surface area contributed by atoms with Crippen molar-refractivity contribution in [2.24, 2.45) is 5.92 Å². The zero-order chi connectivity index (χ0) is 23.7. The van der Waals surface area contributed by atoms with Gasteiger partial charge in [0.2, 0.25) is 0 Å². The number of methoxy groups -OCH3 is 1. The molecule has 1 saturated heterocycles. The highest BCUT2D eigenvalue weighted by atomic mass is 32.2. The highest BCUT2D eigenvalue weighted by molar-refractivity contribution is 7.92. The molecule has 1 fully saturated rings. The largest absolute Gasteiger partial charge is 0.385 e. The molecule has 178 valence electrons. The number of hydrogen-bond donors (Lipinski definition) is 2. The van der Waals surface area contributed by atoms with Crippen LogP contribution in [0.4, 0.5) is 10.5 Å². The number of piperidine rings is 1. The molecule has 0 aliphatic carbocycles. The zero-order valence-corrected chi connectivity index (χ0v) is 19.8. The SMILES string of the molecule is C=CC(N1CCCC(CCOC)C1)S(=O)(=O)c1ccc(NC(=O)NCc2cccnc2)cc1. The number of urea groups is 1. The average Bonchev–Trinajstić information content (AvgIpc) is 2.83. The van der Waals surface area contributed by atoms with Crippen LogP contribution in [0.3, 0.4) is 0 Å². The van der Waals surface area contributed by atoms with Crippen LogP contribution in [-0.2, 0) is 21.1 Å². The molecule has 0 saturated carbocycles. The minimum absolute atomic E-state index is 0.202. The molecule has 33 heavy (non-hydrogen) atoms. The van der Waals surface area contributed by atoms with E-state index in [1.165, 1.54) is 18.2 Å². The maximum Gasteiger partial charge on any atom is 0.319 e. The van der Waals surface area contributed by atoms with Gasteiger partial charge < -0.3 is 15.4 Å². The van der Waals surface area contributed by atoms with Crippen molar-refractivity contribution < 1.29 is 17.9 Å². The van der Waals surface area contributed by atoms with E-state index in [2.05, 4.69) is 22.2 Å². The number of aromatic nitrogens is 1. The lowest BCUT2D eigenvalue weighted by molar-refractivity contribution is 0.127. The highest BCUT2D eigenvalue weighted by Crippen LogP contribution is 2.27. The summed E-state index contributed by atoms with van der Waals surface area (Å²) >= 11 is 0. The number of likely N-dealkylation sites (tertiary alicyclic amines) is 1. The predicted molar refractivity (Wildman–Crippen MR) is 128 cm³/mol. The van der Waals surface area contributed by atoms with E-state index in [0.29, 0.717) is 31.3 Å². The summed E-state index contributed by atoms with van der Waals surface area (Å²) < 4.78 is 31.9. The van der Waals surface area contributed by atoms with Crippen LogP contribution in [0.5, 0.6) is 0 Å². The first kappa shape index (κ1) is 24.9. The maximum absolute atomic E-state index is 13.3. The number of benzene rings is 1. The van der Waals surface area contributed by atoms with Gasteiger partial charge >= 0.3 is 6.03 Å². The van der Waals surface area contributed by atoms with Crippen molar-refractivity contribution in [2.45, 2.75) is 36.1 Å². The Bertz CT molecular complexity index is 1010. The Kier molecular flexibility index (Phi) is 8.99. The Morgan fingerprint density at radius 3 is 2.79 bits per heavy atom. The summed E-state index contributed by atoms with van der Waals surface area (Å²) in [7, 11) is -1.96. The van der Waals surface area contributed by atoms with Gasteiger partial charge in [0.25, 0.3) is 0 Å². The lowest BCUT2D eigenvalue weighted by Crippen LogP contribution is -2.45. The molecule has 3 rings (SSSR count). The standard InChI is InChI=1S/C24H32N4O4S/c1-3-23(28-14-5-7-19(18-28)12-15-32-2)33(30,31)22-10-8-21(9-11-22)27-24(29)26-17-20-6-4-13-25-16-20/h3-4,6,8-11,13,16,19,23H,1,5,7,12,14-15,17-18H2,2H3,(H2,26,27,29). The smallest absolute Gasteiger partial charge is 0.319 e. The van der Waals surface area contributed by atoms with Crippen molar-refractivity contribution >= 4 is 21.6 Å². The minimum atomic E-state index is -3.64. The molecular formula is C24H32N4O4S. The Morgan fingerprint density at radius 1 is 1.33 bits per heavy atom. The van der Waals surface area contributed by atoms with Gasteiger partial charge in [0.1, 0.15) is 5.37 Å². The molecule has 0 radical (unpaired) electrons. The molecule has 8 nitrogen and oxygen atoms in total. The molecule has 2 heterocycles. The van der Waals surface area contributed by atoms with Crippen molar-refractivity contribution in [2.75, 3.05) is 32.1 Å². The molecule has 0 bridgehead atoms. The third kappa shape index (κ3) is 6.86. The molecule has 2 amide bonds. The Morgan fingerprint density at radius 2 is 2.12 bits per heavy atom. The second-order valence-corrected chi connectivity index (χ2v) is 10.2. The van der Waals surface area contributed by atoms with E-state index < -0.39 is 15.2 Å². The first-order valence-electron chi connectivity index (χ1n) is 11.1. The van der Waals surface area contributed by atoms with Crippen LogP contribution >= 0.6 is 0 Å². The molecule has 1 aliphatic heterocycles. The summed E-state index contributed by atoms with van der Waals surface area (Å²) in [6, 6.07) is 9.51. The van der Waals surface area contributed by atoms with Crippen molar-refractivity contribution in [3.8, 4) is 0 Å². The molecule has 2 unspecified atom stereocenters. The number of rotatable bonds is 10. The van der Waals surface area contributed by atoms with Gasteiger partial charge in [-0.05, 0) is 67.6 Å². The van der Waals surface area contributed by atoms with Gasteiger partial charge in [-0.25, -0.2) is 13.2 Å². The molecule has 0 spiro atoms. The van der Waals surface area contributed by atoms with Crippen molar-refractivity contribution in [1.29, 1.82) is 0 Å². The molecule has 1 aromatic heterocycles. The van der Waals surface area contributed by atoms with E-state index in [-0.39, 0.29) is 10.9 Å². The van der Waals surface area contributed by atoms with Crippen molar-refractivity contribution in [3.63, 3.8) is 0 Å². The van der Waals surface area contributed by atoms with Crippen LogP contribution in [0.15, 0.2) is 66.3 Å². The van der Waals surface area contributed by atoms with Gasteiger partial charge in [-0.2, -0.15) is 0 Å². The van der Waals surface area contributed by atoms with Gasteiger partial charge in [-0.15, -0.1) is 6.58 Å². The normalized spacial score (nSPS) is 17.8. The lowest BCUT2D eigenvalue weighted by Gasteiger charge is -2.36. The van der Waals surface area contributed by atoms with Gasteiger partial charge in [0.05, 0.1) is 4.90 Å². The van der Waals surface area contributed by atoms with E-state index in [0.717, 1.165) is 31.4 Å². The number of nitrogens with zero attached hydrogens (tertiary/aromatic N) is 2. The average molecular weight is 473 g/mol. The first-order valence-corrected chi connectivity index (χ1v) is 12.6. The number of hydrogen-bond acceptors (Lipinski definition) is 6. The Hall–Kier alpha value is -2.75. The van der Waals surface area contributed by atoms with Gasteiger partial charge in [-0.1, -0.05) is 12.1 Å². The molecule has 2 aromatic rings. The minimum Gasteiger partial charge on any atom is -0.385 e. The van der Waals surface area contributed by atoms with E-state index >= 15 is 0 Å². The van der Waals surface area contributed by atoms with E-state index in [1.807, 2.05) is 11.0 Å². The summed E-state index contributed by atoms with van der Waals surface area (Å²) in [5, 5.41) is 4.67. The lowest BCUT2D eigenvalue weighted by atomic mass is 9.95. The van der Waals surface area contributed by atoms with Gasteiger partial charge in [0, 0.05) is 44.9 Å². The topological polar surface area (TPSA) is 101 Å². The third-order valence-corrected chi connectivity index (χ3v) is 7.83. The second-order valence-electron chi connectivity index (χ2n) is 8.15.